The number of halogens is 1. The van der Waals surface area contributed by atoms with Crippen molar-refractivity contribution in [1.82, 2.24) is 0 Å². The van der Waals surface area contributed by atoms with Gasteiger partial charge in [0.05, 0.1) is 12.7 Å². The molecule has 21 heavy (non-hydrogen) atoms. The summed E-state index contributed by atoms with van der Waals surface area (Å²) in [5, 5.41) is 0.208. The van der Waals surface area contributed by atoms with Crippen LogP contribution in [0.3, 0.4) is 0 Å². The van der Waals surface area contributed by atoms with Gasteiger partial charge in [0.15, 0.2) is 14.1 Å². The van der Waals surface area contributed by atoms with Crippen LogP contribution in [0, 0.1) is 0 Å². The first-order valence-electron chi connectivity index (χ1n) is 7.68. The lowest BCUT2D eigenvalue weighted by Gasteiger charge is -2.37. The first kappa shape index (κ1) is 18.1. The monoisotopic (exact) mass is 428 g/mol. The van der Waals surface area contributed by atoms with Crippen molar-refractivity contribution in [3.8, 4) is 0 Å². The molecule has 124 valence electrons. The van der Waals surface area contributed by atoms with Gasteiger partial charge in [-0.1, -0.05) is 43.4 Å². The van der Waals surface area contributed by atoms with Crippen molar-refractivity contribution in [2.24, 2.45) is 0 Å². The second-order valence-corrected chi connectivity index (χ2v) is 13.7. The molecule has 6 heteroatoms. The fourth-order valence-corrected chi connectivity index (χ4v) is 4.26. The van der Waals surface area contributed by atoms with Crippen molar-refractivity contribution in [3.63, 3.8) is 0 Å². The number of rotatable bonds is 4. The molecule has 2 fully saturated rings. The highest BCUT2D eigenvalue weighted by Gasteiger charge is 2.55. The van der Waals surface area contributed by atoms with Crippen LogP contribution in [0.4, 0.5) is 0 Å². The summed E-state index contributed by atoms with van der Waals surface area (Å²) < 4.78 is 25.4. The van der Waals surface area contributed by atoms with Crippen molar-refractivity contribution < 1.29 is 18.6 Å². The lowest BCUT2D eigenvalue weighted by Crippen LogP contribution is -2.44. The molecule has 0 N–H and O–H groups in total. The molecule has 2 aliphatic heterocycles. The average Bonchev–Trinajstić information content (AvgIpc) is 2.78. The van der Waals surface area contributed by atoms with E-state index in [0.29, 0.717) is 6.61 Å². The predicted octanol–water partition coefficient (Wildman–Crippen LogP) is 3.73. The van der Waals surface area contributed by atoms with Gasteiger partial charge in [-0.2, -0.15) is 0 Å². The molecule has 4 nitrogen and oxygen atoms in total. The minimum atomic E-state index is -1.76. The molecule has 0 aromatic rings. The van der Waals surface area contributed by atoms with E-state index in [-0.39, 0.29) is 29.5 Å². The summed E-state index contributed by atoms with van der Waals surface area (Å²) in [6, 6.07) is 0. The van der Waals surface area contributed by atoms with Crippen molar-refractivity contribution in [2.75, 3.05) is 11.0 Å². The maximum absolute atomic E-state index is 6.32. The predicted molar refractivity (Wildman–Crippen MR) is 94.5 cm³/mol. The van der Waals surface area contributed by atoms with Gasteiger partial charge < -0.3 is 18.6 Å². The van der Waals surface area contributed by atoms with Crippen LogP contribution in [-0.4, -0.2) is 49.6 Å². The number of alkyl halides is 1. The van der Waals surface area contributed by atoms with Crippen LogP contribution in [0.15, 0.2) is 0 Å². The van der Waals surface area contributed by atoms with Crippen LogP contribution < -0.4 is 0 Å². The topological polar surface area (TPSA) is 36.9 Å². The Morgan fingerprint density at radius 2 is 1.62 bits per heavy atom. The Balaban J connectivity index is 2.01. The molecule has 0 aliphatic carbocycles. The van der Waals surface area contributed by atoms with E-state index in [1.165, 1.54) is 0 Å². The van der Waals surface area contributed by atoms with Gasteiger partial charge in [0.1, 0.15) is 18.3 Å². The Morgan fingerprint density at radius 1 is 1.10 bits per heavy atom. The summed E-state index contributed by atoms with van der Waals surface area (Å²) in [7, 11) is -1.76. The number of hydrogen-bond acceptors (Lipinski definition) is 4. The highest BCUT2D eigenvalue weighted by molar-refractivity contribution is 14.1. The molecule has 0 bridgehead atoms. The minimum absolute atomic E-state index is 0.00969. The van der Waals surface area contributed by atoms with Crippen LogP contribution >= 0.6 is 22.6 Å². The van der Waals surface area contributed by atoms with E-state index in [2.05, 4.69) is 56.5 Å². The third-order valence-electron chi connectivity index (χ3n) is 4.81. The third-order valence-corrected chi connectivity index (χ3v) is 10.2. The van der Waals surface area contributed by atoms with E-state index in [9.17, 15) is 0 Å². The Kier molecular flexibility index (Phi) is 5.19. The fourth-order valence-electron chi connectivity index (χ4n) is 2.54. The number of ether oxygens (including phenoxy) is 3. The molecule has 2 heterocycles. The molecular weight excluding hydrogens is 399 g/mol. The molecule has 0 unspecified atom stereocenters. The van der Waals surface area contributed by atoms with E-state index in [1.54, 1.807) is 0 Å². The molecule has 0 aromatic carbocycles. The summed E-state index contributed by atoms with van der Waals surface area (Å²) in [6.07, 6.45) is 0.102. The van der Waals surface area contributed by atoms with Gasteiger partial charge in [-0.25, -0.2) is 0 Å². The zero-order valence-corrected chi connectivity index (χ0v) is 17.4. The highest BCUT2D eigenvalue weighted by atomic mass is 127. The maximum Gasteiger partial charge on any atom is 0.192 e. The van der Waals surface area contributed by atoms with Gasteiger partial charge in [0.25, 0.3) is 0 Å². The van der Waals surface area contributed by atoms with Gasteiger partial charge in [-0.15, -0.1) is 0 Å². The first-order valence-corrected chi connectivity index (χ1v) is 12.1. The van der Waals surface area contributed by atoms with Crippen molar-refractivity contribution in [1.29, 1.82) is 0 Å². The highest BCUT2D eigenvalue weighted by Crippen LogP contribution is 2.41. The van der Waals surface area contributed by atoms with Gasteiger partial charge >= 0.3 is 0 Å². The van der Waals surface area contributed by atoms with Crippen LogP contribution in [0.2, 0.25) is 18.1 Å². The van der Waals surface area contributed by atoms with Crippen LogP contribution in [0.25, 0.3) is 0 Å². The molecule has 0 radical (unpaired) electrons. The summed E-state index contributed by atoms with van der Waals surface area (Å²) >= 11 is 2.35. The maximum atomic E-state index is 6.32. The smallest absolute Gasteiger partial charge is 0.192 e. The van der Waals surface area contributed by atoms with Crippen LogP contribution in [0.5, 0.6) is 0 Å². The number of hydrogen-bond donors (Lipinski definition) is 0. The molecular formula is C15H29IO4Si. The molecule has 2 rings (SSSR count). The van der Waals surface area contributed by atoms with E-state index >= 15 is 0 Å². The largest absolute Gasteiger partial charge is 0.414 e. The summed E-state index contributed by atoms with van der Waals surface area (Å²) in [6.45, 7) is 15.8. The fraction of sp³-hybridized carbons (Fsp3) is 1.00. The molecule has 2 aliphatic rings. The Hall–Kier alpha value is 0.787. The van der Waals surface area contributed by atoms with Gasteiger partial charge in [0.2, 0.25) is 0 Å². The van der Waals surface area contributed by atoms with Gasteiger partial charge in [-0.05, 0) is 32.0 Å². The Morgan fingerprint density at radius 3 is 2.10 bits per heavy atom. The lowest BCUT2D eigenvalue weighted by molar-refractivity contribution is -0.186. The second kappa shape index (κ2) is 6.01. The van der Waals surface area contributed by atoms with Gasteiger partial charge in [-0.3, -0.25) is 0 Å². The second-order valence-electron chi connectivity index (χ2n) is 8.00. The number of fused-ring (bicyclic) bond motifs is 1. The van der Waals surface area contributed by atoms with Crippen LogP contribution in [-0.2, 0) is 18.6 Å². The zero-order chi connectivity index (χ0) is 16.1. The molecule has 0 saturated carbocycles. The lowest BCUT2D eigenvalue weighted by atomic mass is 10.1. The van der Waals surface area contributed by atoms with E-state index in [1.807, 2.05) is 13.8 Å². The normalized spacial score (nSPS) is 36.0. The Labute approximate surface area is 143 Å². The minimum Gasteiger partial charge on any atom is -0.414 e. The van der Waals surface area contributed by atoms with E-state index < -0.39 is 14.1 Å². The molecule has 0 spiro atoms. The summed E-state index contributed by atoms with van der Waals surface area (Å²) in [5.74, 6) is -0.515. The van der Waals surface area contributed by atoms with Crippen molar-refractivity contribution in [3.05, 3.63) is 0 Å². The molecule has 2 saturated heterocycles. The SMILES string of the molecule is CC1(C)O[C@@H]2[C@H](O1)[C@@H](CO[Si](C)(C)C(C)(C)C)O[C@@H]2CI. The summed E-state index contributed by atoms with van der Waals surface area (Å²) in [4.78, 5) is 0. The zero-order valence-electron chi connectivity index (χ0n) is 14.2. The van der Waals surface area contributed by atoms with Gasteiger partial charge in [0, 0.05) is 4.43 Å². The Bertz CT molecular complexity index is 380. The first-order chi connectivity index (χ1) is 9.47. The van der Waals surface area contributed by atoms with Crippen molar-refractivity contribution in [2.45, 2.75) is 83.0 Å². The summed E-state index contributed by atoms with van der Waals surface area (Å²) in [5.41, 5.74) is 0. The average molecular weight is 428 g/mol. The molecule has 4 atom stereocenters. The van der Waals surface area contributed by atoms with Crippen molar-refractivity contribution >= 4 is 30.9 Å². The quantitative estimate of drug-likeness (QED) is 0.389. The standard InChI is InChI=1S/C15H29IO4Si/c1-14(2,3)21(6,7)17-9-11-13-12(10(8-16)18-11)19-15(4,5)20-13/h10-13H,8-9H2,1-7H3/t10-,11-,12+,13-/m1/s1. The third kappa shape index (κ3) is 3.83. The van der Waals surface area contributed by atoms with Crippen LogP contribution in [0.1, 0.15) is 34.6 Å². The van der Waals surface area contributed by atoms with E-state index in [0.717, 1.165) is 4.43 Å². The van der Waals surface area contributed by atoms with E-state index in [4.69, 9.17) is 18.6 Å². The molecule has 0 amide bonds. The molecule has 0 aromatic heterocycles.